The minimum Gasteiger partial charge on any atom is -0.355 e. The number of nitrogens with zero attached hydrogens (tertiary/aromatic N) is 1. The molecule has 0 aliphatic carbocycles. The van der Waals surface area contributed by atoms with E-state index < -0.39 is 0 Å². The van der Waals surface area contributed by atoms with Crippen molar-refractivity contribution in [2.45, 2.75) is 0 Å². The summed E-state index contributed by atoms with van der Waals surface area (Å²) in [7, 11) is 2.96. The summed E-state index contributed by atoms with van der Waals surface area (Å²) in [5, 5.41) is 4.23. The predicted octanol–water partition coefficient (Wildman–Crippen LogP) is 3.20. The molecule has 2 aromatic rings. The normalized spacial score (nSPS) is 10.2. The zero-order valence-corrected chi connectivity index (χ0v) is 11.3. The second-order valence-electron chi connectivity index (χ2n) is 4.16. The number of para-hydroxylation sites is 1. The number of benzene rings is 2. The summed E-state index contributed by atoms with van der Waals surface area (Å²) >= 11 is 0. The highest BCUT2D eigenvalue weighted by molar-refractivity contribution is 5.99. The first-order chi connectivity index (χ1) is 9.61. The summed E-state index contributed by atoms with van der Waals surface area (Å²) in [4.78, 5) is 17.0. The lowest BCUT2D eigenvalue weighted by molar-refractivity contribution is -0.0756. The van der Waals surface area contributed by atoms with Crippen LogP contribution in [0, 0.1) is 5.82 Å². The third kappa shape index (κ3) is 3.13. The highest BCUT2D eigenvalue weighted by Gasteiger charge is 2.15. The topological polar surface area (TPSA) is 41.6 Å². The van der Waals surface area contributed by atoms with Gasteiger partial charge in [0.1, 0.15) is 5.82 Å². The van der Waals surface area contributed by atoms with Gasteiger partial charge in [-0.25, -0.2) is 9.45 Å². The molecule has 2 rings (SSSR count). The molecule has 0 aromatic heterocycles. The van der Waals surface area contributed by atoms with Crippen LogP contribution in [0.4, 0.5) is 15.8 Å². The predicted molar refractivity (Wildman–Crippen MR) is 75.2 cm³/mol. The molecule has 0 heterocycles. The smallest absolute Gasteiger partial charge is 0.279 e. The molecule has 0 saturated heterocycles. The van der Waals surface area contributed by atoms with Crippen molar-refractivity contribution in [2.75, 3.05) is 19.5 Å². The third-order valence-corrected chi connectivity index (χ3v) is 2.84. The van der Waals surface area contributed by atoms with Gasteiger partial charge in [-0.3, -0.25) is 9.63 Å². The number of hydrogen-bond acceptors (Lipinski definition) is 3. The largest absolute Gasteiger partial charge is 0.355 e. The first-order valence-corrected chi connectivity index (χ1v) is 6.05. The Morgan fingerprint density at radius 2 is 1.80 bits per heavy atom. The fourth-order valence-corrected chi connectivity index (χ4v) is 1.72. The van der Waals surface area contributed by atoms with Crippen molar-refractivity contribution in [3.8, 4) is 0 Å². The van der Waals surface area contributed by atoms with Gasteiger partial charge < -0.3 is 5.32 Å². The summed E-state index contributed by atoms with van der Waals surface area (Å²) in [6.45, 7) is 0. The van der Waals surface area contributed by atoms with Crippen molar-refractivity contribution < 1.29 is 14.0 Å². The Labute approximate surface area is 116 Å². The molecule has 0 bridgehead atoms. The van der Waals surface area contributed by atoms with Crippen molar-refractivity contribution in [1.29, 1.82) is 0 Å². The molecule has 0 aliphatic heterocycles. The second kappa shape index (κ2) is 6.16. The van der Waals surface area contributed by atoms with Crippen LogP contribution in [0.2, 0.25) is 0 Å². The lowest BCUT2D eigenvalue weighted by Crippen LogP contribution is -2.26. The van der Waals surface area contributed by atoms with Gasteiger partial charge >= 0.3 is 0 Å². The minimum atomic E-state index is -0.306. The maximum Gasteiger partial charge on any atom is 0.279 e. The molecule has 1 N–H and O–H groups in total. The van der Waals surface area contributed by atoms with Gasteiger partial charge in [-0.2, -0.15) is 0 Å². The fourth-order valence-electron chi connectivity index (χ4n) is 1.72. The number of rotatable bonds is 4. The van der Waals surface area contributed by atoms with E-state index in [1.807, 2.05) is 6.07 Å². The van der Waals surface area contributed by atoms with Gasteiger partial charge in [0.05, 0.1) is 18.4 Å². The SMILES string of the molecule is CON(C)C(=O)c1ccccc1Nc1ccc(F)cc1. The number of carbonyl (C=O) groups is 1. The molecule has 0 fully saturated rings. The van der Waals surface area contributed by atoms with E-state index in [-0.39, 0.29) is 11.7 Å². The molecular formula is C15H15FN2O2. The Morgan fingerprint density at radius 1 is 1.15 bits per heavy atom. The van der Waals surface area contributed by atoms with Gasteiger partial charge in [-0.15, -0.1) is 0 Å². The van der Waals surface area contributed by atoms with Gasteiger partial charge in [-0.05, 0) is 36.4 Å². The van der Waals surface area contributed by atoms with Crippen molar-refractivity contribution in [3.63, 3.8) is 0 Å². The molecule has 0 unspecified atom stereocenters. The van der Waals surface area contributed by atoms with E-state index in [0.717, 1.165) is 5.06 Å². The molecule has 0 spiro atoms. The molecule has 1 amide bonds. The van der Waals surface area contributed by atoms with E-state index in [4.69, 9.17) is 4.84 Å². The number of anilines is 2. The van der Waals surface area contributed by atoms with E-state index >= 15 is 0 Å². The average molecular weight is 274 g/mol. The summed E-state index contributed by atoms with van der Waals surface area (Å²) in [6.07, 6.45) is 0. The lowest BCUT2D eigenvalue weighted by atomic mass is 10.1. The van der Waals surface area contributed by atoms with E-state index in [1.165, 1.54) is 26.3 Å². The molecule has 0 atom stereocenters. The monoisotopic (exact) mass is 274 g/mol. The van der Waals surface area contributed by atoms with Crippen LogP contribution in [0.15, 0.2) is 48.5 Å². The van der Waals surface area contributed by atoms with Gasteiger partial charge in [0, 0.05) is 12.7 Å². The van der Waals surface area contributed by atoms with Crippen LogP contribution < -0.4 is 5.32 Å². The summed E-state index contributed by atoms with van der Waals surface area (Å²) in [5.41, 5.74) is 1.81. The van der Waals surface area contributed by atoms with Gasteiger partial charge in [0.15, 0.2) is 0 Å². The molecule has 20 heavy (non-hydrogen) atoms. The van der Waals surface area contributed by atoms with Crippen molar-refractivity contribution in [2.24, 2.45) is 0 Å². The quantitative estimate of drug-likeness (QED) is 0.870. The summed E-state index contributed by atoms with van der Waals surface area (Å²) in [6, 6.07) is 13.0. The number of carbonyl (C=O) groups excluding carboxylic acids is 1. The number of amides is 1. The Bertz CT molecular complexity index is 599. The van der Waals surface area contributed by atoms with Crippen LogP contribution in [-0.2, 0) is 4.84 Å². The van der Waals surface area contributed by atoms with Crippen LogP contribution in [0.5, 0.6) is 0 Å². The van der Waals surface area contributed by atoms with E-state index in [9.17, 15) is 9.18 Å². The van der Waals surface area contributed by atoms with Crippen LogP contribution in [0.25, 0.3) is 0 Å². The Morgan fingerprint density at radius 3 is 2.45 bits per heavy atom. The first-order valence-electron chi connectivity index (χ1n) is 6.05. The highest BCUT2D eigenvalue weighted by Crippen LogP contribution is 2.22. The molecular weight excluding hydrogens is 259 g/mol. The maximum absolute atomic E-state index is 12.9. The van der Waals surface area contributed by atoms with Gasteiger partial charge in [0.25, 0.3) is 5.91 Å². The minimum absolute atomic E-state index is 0.266. The Kier molecular flexibility index (Phi) is 4.32. The molecule has 4 nitrogen and oxygen atoms in total. The third-order valence-electron chi connectivity index (χ3n) is 2.84. The highest BCUT2D eigenvalue weighted by atomic mass is 19.1. The lowest BCUT2D eigenvalue weighted by Gasteiger charge is -2.17. The first kappa shape index (κ1) is 14.0. The Hall–Kier alpha value is -2.40. The molecule has 104 valence electrons. The zero-order chi connectivity index (χ0) is 14.5. The fraction of sp³-hybridized carbons (Fsp3) is 0.133. The van der Waals surface area contributed by atoms with Crippen molar-refractivity contribution in [1.82, 2.24) is 5.06 Å². The van der Waals surface area contributed by atoms with E-state index in [0.29, 0.717) is 16.9 Å². The van der Waals surface area contributed by atoms with Crippen molar-refractivity contribution in [3.05, 3.63) is 59.9 Å². The standard InChI is InChI=1S/C15H15FN2O2/c1-18(20-2)15(19)13-5-3-4-6-14(13)17-12-9-7-11(16)8-10-12/h3-10,17H,1-2H3. The molecule has 5 heteroatoms. The number of halogens is 1. The number of hydroxylamine groups is 2. The zero-order valence-electron chi connectivity index (χ0n) is 11.3. The van der Waals surface area contributed by atoms with Gasteiger partial charge in [-0.1, -0.05) is 12.1 Å². The van der Waals surface area contributed by atoms with Gasteiger partial charge in [0.2, 0.25) is 0 Å². The average Bonchev–Trinajstić information content (AvgIpc) is 2.48. The Balaban J connectivity index is 2.28. The molecule has 0 aliphatic rings. The number of nitrogens with one attached hydrogen (secondary N) is 1. The van der Waals surface area contributed by atoms with Crippen LogP contribution in [0.3, 0.4) is 0 Å². The maximum atomic E-state index is 12.9. The van der Waals surface area contributed by atoms with Crippen LogP contribution >= 0.6 is 0 Å². The van der Waals surface area contributed by atoms with Crippen molar-refractivity contribution >= 4 is 17.3 Å². The molecule has 2 aromatic carbocycles. The second-order valence-corrected chi connectivity index (χ2v) is 4.16. The number of hydrogen-bond donors (Lipinski definition) is 1. The molecule has 0 radical (unpaired) electrons. The molecule has 0 saturated carbocycles. The van der Waals surface area contributed by atoms with E-state index in [1.54, 1.807) is 30.3 Å². The van der Waals surface area contributed by atoms with E-state index in [2.05, 4.69) is 5.32 Å². The summed E-state index contributed by atoms with van der Waals surface area (Å²) < 4.78 is 12.9. The van der Waals surface area contributed by atoms with Crippen LogP contribution in [0.1, 0.15) is 10.4 Å². The van der Waals surface area contributed by atoms with Crippen LogP contribution in [-0.4, -0.2) is 25.1 Å². The summed E-state index contributed by atoms with van der Waals surface area (Å²) in [5.74, 6) is -0.572.